The Morgan fingerprint density at radius 3 is 1.77 bits per heavy atom. The van der Waals surface area contributed by atoms with Gasteiger partial charge in [-0.1, -0.05) is 76.4 Å². The number of carbonyl (C=O) groups is 1. The smallest absolute Gasteiger partial charge is 0.335 e. The molecular weight excluding hydrogens is 563 g/mol. The van der Waals surface area contributed by atoms with Crippen molar-refractivity contribution in [1.82, 2.24) is 0 Å². The van der Waals surface area contributed by atoms with Crippen molar-refractivity contribution in [3.8, 4) is 0 Å². The number of nitro benzene ring substituents is 1. The molecule has 0 aliphatic heterocycles. The Bertz CT molecular complexity index is 1140. The third-order valence-corrected chi connectivity index (χ3v) is 6.31. The van der Waals surface area contributed by atoms with Gasteiger partial charge >= 0.3 is 5.97 Å². The van der Waals surface area contributed by atoms with Gasteiger partial charge in [-0.25, -0.2) is 4.79 Å². The molecule has 184 valence electrons. The summed E-state index contributed by atoms with van der Waals surface area (Å²) < 4.78 is 0. The van der Waals surface area contributed by atoms with E-state index in [0.29, 0.717) is 27.4 Å². The van der Waals surface area contributed by atoms with Gasteiger partial charge in [0, 0.05) is 38.3 Å². The van der Waals surface area contributed by atoms with Crippen LogP contribution >= 0.6 is 39.1 Å². The van der Waals surface area contributed by atoms with Gasteiger partial charge in [-0.05, 0) is 41.5 Å². The fraction of sp³-hybridized carbons (Fsp3) is 0.208. The number of aromatic carboxylic acids is 1. The van der Waals surface area contributed by atoms with E-state index in [1.54, 1.807) is 24.3 Å². The van der Waals surface area contributed by atoms with Gasteiger partial charge in [-0.15, -0.1) is 0 Å². The van der Waals surface area contributed by atoms with Crippen molar-refractivity contribution in [3.05, 3.63) is 119 Å². The van der Waals surface area contributed by atoms with E-state index in [9.17, 15) is 25.0 Å². The second kappa shape index (κ2) is 13.2. The number of carboxylic acids is 1. The van der Waals surface area contributed by atoms with E-state index < -0.39 is 16.9 Å². The van der Waals surface area contributed by atoms with Gasteiger partial charge in [-0.3, -0.25) is 20.2 Å². The second-order valence-corrected chi connectivity index (χ2v) is 8.81. The van der Waals surface area contributed by atoms with Crippen molar-refractivity contribution >= 4 is 50.8 Å². The molecule has 1 N–H and O–H groups in total. The van der Waals surface area contributed by atoms with Crippen LogP contribution in [0.5, 0.6) is 0 Å². The van der Waals surface area contributed by atoms with Crippen LogP contribution in [0.1, 0.15) is 46.3 Å². The highest BCUT2D eigenvalue weighted by atomic mass is 79.9. The second-order valence-electron chi connectivity index (χ2n) is 7.38. The van der Waals surface area contributed by atoms with Crippen LogP contribution in [0.4, 0.5) is 5.69 Å². The Kier molecular flexibility index (Phi) is 10.6. The zero-order valence-corrected chi connectivity index (χ0v) is 21.5. The minimum absolute atomic E-state index is 0.0820. The largest absolute Gasteiger partial charge is 0.478 e. The molecule has 0 aliphatic rings. The van der Waals surface area contributed by atoms with Crippen LogP contribution < -0.4 is 0 Å². The fourth-order valence-corrected chi connectivity index (χ4v) is 4.19. The predicted octanol–water partition coefficient (Wildman–Crippen LogP) is 7.37. The topological polar surface area (TPSA) is 124 Å². The normalized spacial score (nSPS) is 11.3. The van der Waals surface area contributed by atoms with Gasteiger partial charge in [-0.2, -0.15) is 0 Å². The zero-order chi connectivity index (χ0) is 26.1. The van der Waals surface area contributed by atoms with Crippen LogP contribution in [0.15, 0.2) is 66.7 Å². The summed E-state index contributed by atoms with van der Waals surface area (Å²) >= 11 is 14.9. The molecule has 35 heavy (non-hydrogen) atoms. The van der Waals surface area contributed by atoms with E-state index >= 15 is 0 Å². The van der Waals surface area contributed by atoms with Crippen LogP contribution in [-0.4, -0.2) is 27.0 Å². The maximum atomic E-state index is 11.4. The van der Waals surface area contributed by atoms with Gasteiger partial charge in [0.05, 0.1) is 16.4 Å². The highest BCUT2D eigenvalue weighted by molar-refractivity contribution is 9.08. The van der Waals surface area contributed by atoms with Crippen LogP contribution in [-0.2, 0) is 5.33 Å². The molecule has 0 fully saturated rings. The molecule has 1 atom stereocenters. The predicted molar refractivity (Wildman–Crippen MR) is 139 cm³/mol. The molecule has 11 heteroatoms. The number of nitro groups is 2. The van der Waals surface area contributed by atoms with Crippen molar-refractivity contribution in [1.29, 1.82) is 0 Å². The number of nitrogens with zero attached hydrogens (tertiary/aromatic N) is 2. The molecule has 8 nitrogen and oxygen atoms in total. The summed E-state index contributed by atoms with van der Waals surface area (Å²) in [6.07, 6.45) is 0.447. The zero-order valence-electron chi connectivity index (χ0n) is 18.4. The number of hydrogen-bond acceptors (Lipinski definition) is 5. The van der Waals surface area contributed by atoms with E-state index in [4.69, 9.17) is 28.3 Å². The SMILES string of the molecule is CCC(C(c1ccc(Cl)cc1)c1ccc(Cl)cc1)[N+](=O)[O-].O=C(O)c1ccc(CBr)c([N+](=O)[O-])c1. The van der Waals surface area contributed by atoms with Crippen LogP contribution in [0.25, 0.3) is 0 Å². The molecule has 0 saturated heterocycles. The van der Waals surface area contributed by atoms with E-state index in [-0.39, 0.29) is 22.1 Å². The average molecular weight is 584 g/mol. The molecule has 0 amide bonds. The van der Waals surface area contributed by atoms with Crippen molar-refractivity contribution in [2.75, 3.05) is 0 Å². The van der Waals surface area contributed by atoms with Gasteiger partial charge in [0.1, 0.15) is 0 Å². The maximum Gasteiger partial charge on any atom is 0.335 e. The monoisotopic (exact) mass is 582 g/mol. The Labute approximate surface area is 219 Å². The molecule has 0 aliphatic carbocycles. The fourth-order valence-electron chi connectivity index (χ4n) is 3.46. The Morgan fingerprint density at radius 1 is 0.943 bits per heavy atom. The molecule has 0 bridgehead atoms. The van der Waals surface area contributed by atoms with E-state index in [0.717, 1.165) is 17.2 Å². The summed E-state index contributed by atoms with van der Waals surface area (Å²) in [5.41, 5.74) is 1.96. The van der Waals surface area contributed by atoms with Gasteiger partial charge in [0.15, 0.2) is 0 Å². The minimum atomic E-state index is -1.17. The molecule has 0 radical (unpaired) electrons. The molecule has 3 aromatic rings. The number of hydrogen-bond donors (Lipinski definition) is 1. The summed E-state index contributed by atoms with van der Waals surface area (Å²) in [6, 6.07) is 17.5. The first-order chi connectivity index (χ1) is 16.6. The highest BCUT2D eigenvalue weighted by Crippen LogP contribution is 2.32. The number of alkyl halides is 1. The summed E-state index contributed by atoms with van der Waals surface area (Å²) in [7, 11) is 0. The minimum Gasteiger partial charge on any atom is -0.478 e. The van der Waals surface area contributed by atoms with Crippen molar-refractivity contribution < 1.29 is 19.7 Å². The first-order valence-corrected chi connectivity index (χ1v) is 12.2. The Morgan fingerprint density at radius 2 is 1.43 bits per heavy atom. The number of benzene rings is 3. The average Bonchev–Trinajstić information content (AvgIpc) is 2.83. The van der Waals surface area contributed by atoms with Crippen molar-refractivity contribution in [2.45, 2.75) is 30.6 Å². The molecule has 1 unspecified atom stereocenters. The summed E-state index contributed by atoms with van der Waals surface area (Å²) in [6.45, 7) is 1.83. The molecule has 3 rings (SSSR count). The van der Waals surface area contributed by atoms with E-state index in [1.807, 2.05) is 31.2 Å². The maximum absolute atomic E-state index is 11.4. The van der Waals surface area contributed by atoms with Gasteiger partial charge in [0.2, 0.25) is 6.04 Å². The first-order valence-electron chi connectivity index (χ1n) is 10.3. The van der Waals surface area contributed by atoms with Crippen LogP contribution in [0.2, 0.25) is 10.0 Å². The molecule has 0 saturated carbocycles. The van der Waals surface area contributed by atoms with Gasteiger partial charge in [0.25, 0.3) is 5.69 Å². The van der Waals surface area contributed by atoms with E-state index in [1.165, 1.54) is 12.1 Å². The third-order valence-electron chi connectivity index (χ3n) is 5.20. The first kappa shape index (κ1) is 28.2. The molecule has 0 heterocycles. The number of rotatable bonds is 8. The molecule has 3 aromatic carbocycles. The summed E-state index contributed by atoms with van der Waals surface area (Å²) in [4.78, 5) is 31.7. The Balaban J connectivity index is 0.000000269. The number of carboxylic acid groups (broad SMARTS) is 1. The lowest BCUT2D eigenvalue weighted by Crippen LogP contribution is -2.27. The molecule has 0 spiro atoms. The standard InChI is InChI=1S/C16H15Cl2NO2.C8H6BrNO4/c1-2-15(19(20)21)16(11-3-7-13(17)8-4-11)12-5-9-14(18)10-6-12;9-4-6-2-1-5(8(11)12)3-7(6)10(13)14/h3-10,15-16H,2H2,1H3;1-3H,4H2,(H,11,12). The van der Waals surface area contributed by atoms with Crippen LogP contribution in [0.3, 0.4) is 0 Å². The van der Waals surface area contributed by atoms with Crippen molar-refractivity contribution in [3.63, 3.8) is 0 Å². The van der Waals surface area contributed by atoms with E-state index in [2.05, 4.69) is 15.9 Å². The molecule has 0 aromatic heterocycles. The summed E-state index contributed by atoms with van der Waals surface area (Å²) in [5.74, 6) is -1.49. The van der Waals surface area contributed by atoms with Crippen molar-refractivity contribution in [2.24, 2.45) is 0 Å². The lowest BCUT2D eigenvalue weighted by Gasteiger charge is -2.21. The third kappa shape index (κ3) is 7.74. The molecular formula is C24H21BrCl2N2O6. The lowest BCUT2D eigenvalue weighted by atomic mass is 9.84. The Hall–Kier alpha value is -3.01. The summed E-state index contributed by atoms with van der Waals surface area (Å²) in [5, 5.41) is 32.1. The highest BCUT2D eigenvalue weighted by Gasteiger charge is 2.32. The number of halogens is 3. The lowest BCUT2D eigenvalue weighted by molar-refractivity contribution is -0.525. The quantitative estimate of drug-likeness (QED) is 0.168. The van der Waals surface area contributed by atoms with Crippen LogP contribution in [0, 0.1) is 20.2 Å². The van der Waals surface area contributed by atoms with Gasteiger partial charge < -0.3 is 5.11 Å².